The Bertz CT molecular complexity index is 378. The second kappa shape index (κ2) is 7.58. The molecule has 4 heteroatoms. The molecule has 0 radical (unpaired) electrons. The van der Waals surface area contributed by atoms with Gasteiger partial charge in [0.1, 0.15) is 5.75 Å². The van der Waals surface area contributed by atoms with Crippen LogP contribution in [0.1, 0.15) is 26.7 Å². The highest BCUT2D eigenvalue weighted by Gasteiger charge is 2.03. The monoisotopic (exact) mass is 250 g/mol. The van der Waals surface area contributed by atoms with Gasteiger partial charge in [-0.25, -0.2) is 0 Å². The fourth-order valence-corrected chi connectivity index (χ4v) is 1.45. The van der Waals surface area contributed by atoms with Gasteiger partial charge in [0, 0.05) is 6.54 Å². The minimum Gasteiger partial charge on any atom is -0.491 e. The van der Waals surface area contributed by atoms with Gasteiger partial charge in [0.15, 0.2) is 0 Å². The highest BCUT2D eigenvalue weighted by Crippen LogP contribution is 2.19. The summed E-state index contributed by atoms with van der Waals surface area (Å²) < 4.78 is 5.45. The van der Waals surface area contributed by atoms with Gasteiger partial charge in [0.05, 0.1) is 18.7 Å². The first-order valence-electron chi connectivity index (χ1n) is 6.33. The van der Waals surface area contributed by atoms with Gasteiger partial charge in [0.25, 0.3) is 0 Å². The summed E-state index contributed by atoms with van der Waals surface area (Å²) in [7, 11) is 0. The zero-order valence-electron chi connectivity index (χ0n) is 11.1. The summed E-state index contributed by atoms with van der Waals surface area (Å²) in [5.74, 6) is 1.25. The highest BCUT2D eigenvalue weighted by molar-refractivity contribution is 5.75. The van der Waals surface area contributed by atoms with E-state index in [0.29, 0.717) is 30.4 Å². The normalized spacial score (nSPS) is 10.4. The van der Waals surface area contributed by atoms with Crippen LogP contribution in [-0.4, -0.2) is 19.1 Å². The van der Waals surface area contributed by atoms with E-state index in [1.165, 1.54) is 0 Å². The summed E-state index contributed by atoms with van der Waals surface area (Å²) in [6, 6.07) is 7.28. The van der Waals surface area contributed by atoms with E-state index in [1.54, 1.807) is 12.1 Å². The maximum absolute atomic E-state index is 11.5. The molecule has 0 aliphatic heterocycles. The molecule has 0 saturated heterocycles. The van der Waals surface area contributed by atoms with Crippen LogP contribution >= 0.6 is 0 Å². The number of ether oxygens (including phenoxy) is 1. The molecule has 0 aromatic heterocycles. The number of amides is 1. The lowest BCUT2D eigenvalue weighted by molar-refractivity contribution is -0.121. The average Bonchev–Trinajstić information content (AvgIpc) is 2.31. The fourth-order valence-electron chi connectivity index (χ4n) is 1.45. The molecule has 0 aliphatic rings. The smallest absolute Gasteiger partial charge is 0.223 e. The van der Waals surface area contributed by atoms with E-state index in [-0.39, 0.29) is 5.91 Å². The molecule has 0 saturated carbocycles. The van der Waals surface area contributed by atoms with Gasteiger partial charge < -0.3 is 15.8 Å². The van der Waals surface area contributed by atoms with Gasteiger partial charge in [-0.1, -0.05) is 26.0 Å². The Kier molecular flexibility index (Phi) is 6.05. The number of benzene rings is 1. The molecule has 1 amide bonds. The first kappa shape index (κ1) is 14.4. The molecule has 0 bridgehead atoms. The molecule has 0 heterocycles. The van der Waals surface area contributed by atoms with E-state index >= 15 is 0 Å². The summed E-state index contributed by atoms with van der Waals surface area (Å²) in [6.45, 7) is 5.34. The molecule has 1 aromatic carbocycles. The van der Waals surface area contributed by atoms with Crippen LogP contribution in [0.5, 0.6) is 5.75 Å². The van der Waals surface area contributed by atoms with Crippen molar-refractivity contribution in [2.45, 2.75) is 26.7 Å². The predicted octanol–water partition coefficient (Wildman–Crippen LogP) is 2.20. The van der Waals surface area contributed by atoms with Gasteiger partial charge >= 0.3 is 0 Å². The molecule has 0 aliphatic carbocycles. The predicted molar refractivity (Wildman–Crippen MR) is 73.4 cm³/mol. The number of nitrogens with one attached hydrogen (secondary N) is 1. The first-order valence-corrected chi connectivity index (χ1v) is 6.33. The third-order valence-electron chi connectivity index (χ3n) is 2.55. The van der Waals surface area contributed by atoms with Crippen LogP contribution in [0.3, 0.4) is 0 Å². The van der Waals surface area contributed by atoms with Crippen molar-refractivity contribution in [1.29, 1.82) is 0 Å². The summed E-state index contributed by atoms with van der Waals surface area (Å²) in [4.78, 5) is 11.5. The van der Waals surface area contributed by atoms with E-state index in [2.05, 4.69) is 19.2 Å². The maximum Gasteiger partial charge on any atom is 0.223 e. The maximum atomic E-state index is 11.5. The van der Waals surface area contributed by atoms with Crippen molar-refractivity contribution in [1.82, 2.24) is 5.32 Å². The van der Waals surface area contributed by atoms with Crippen molar-refractivity contribution in [2.24, 2.45) is 5.92 Å². The van der Waals surface area contributed by atoms with Crippen LogP contribution in [0.25, 0.3) is 0 Å². The minimum absolute atomic E-state index is 0.0187. The van der Waals surface area contributed by atoms with E-state index in [0.717, 1.165) is 13.0 Å². The first-order chi connectivity index (χ1) is 8.59. The van der Waals surface area contributed by atoms with Crippen molar-refractivity contribution in [3.8, 4) is 5.75 Å². The Morgan fingerprint density at radius 1 is 1.39 bits per heavy atom. The largest absolute Gasteiger partial charge is 0.491 e. The van der Waals surface area contributed by atoms with Gasteiger partial charge in [-0.15, -0.1) is 0 Å². The zero-order chi connectivity index (χ0) is 13.4. The Hall–Kier alpha value is -1.71. The highest BCUT2D eigenvalue weighted by atomic mass is 16.5. The second-order valence-corrected chi connectivity index (χ2v) is 4.67. The van der Waals surface area contributed by atoms with Crippen LogP contribution in [-0.2, 0) is 4.79 Å². The molecule has 0 fully saturated rings. The van der Waals surface area contributed by atoms with Gasteiger partial charge in [0.2, 0.25) is 5.91 Å². The number of carbonyl (C=O) groups is 1. The van der Waals surface area contributed by atoms with E-state index in [9.17, 15) is 4.79 Å². The number of para-hydroxylation sites is 2. The standard InChI is InChI=1S/C14H22N2O2/c1-11(2)7-9-16-14(17)8-10-18-13-6-4-3-5-12(13)15/h3-6,11H,7-10,15H2,1-2H3,(H,16,17). The molecular weight excluding hydrogens is 228 g/mol. The molecule has 18 heavy (non-hydrogen) atoms. The van der Waals surface area contributed by atoms with E-state index in [4.69, 9.17) is 10.5 Å². The van der Waals surface area contributed by atoms with Crippen molar-refractivity contribution in [3.05, 3.63) is 24.3 Å². The Morgan fingerprint density at radius 2 is 2.11 bits per heavy atom. The van der Waals surface area contributed by atoms with Crippen molar-refractivity contribution in [3.63, 3.8) is 0 Å². The van der Waals surface area contributed by atoms with Gasteiger partial charge in [-0.2, -0.15) is 0 Å². The Morgan fingerprint density at radius 3 is 2.78 bits per heavy atom. The second-order valence-electron chi connectivity index (χ2n) is 4.67. The molecule has 0 unspecified atom stereocenters. The van der Waals surface area contributed by atoms with Crippen LogP contribution in [0, 0.1) is 5.92 Å². The molecular formula is C14H22N2O2. The van der Waals surface area contributed by atoms with Crippen LogP contribution < -0.4 is 15.8 Å². The third kappa shape index (κ3) is 5.57. The van der Waals surface area contributed by atoms with Crippen molar-refractivity contribution < 1.29 is 9.53 Å². The molecule has 4 nitrogen and oxygen atoms in total. The number of hydrogen-bond acceptors (Lipinski definition) is 3. The number of hydrogen-bond donors (Lipinski definition) is 2. The molecule has 3 N–H and O–H groups in total. The average molecular weight is 250 g/mol. The zero-order valence-corrected chi connectivity index (χ0v) is 11.1. The van der Waals surface area contributed by atoms with E-state index in [1.807, 2.05) is 12.1 Å². The van der Waals surface area contributed by atoms with Crippen molar-refractivity contribution in [2.75, 3.05) is 18.9 Å². The van der Waals surface area contributed by atoms with Gasteiger partial charge in [-0.3, -0.25) is 4.79 Å². The minimum atomic E-state index is 0.0187. The van der Waals surface area contributed by atoms with Crippen molar-refractivity contribution >= 4 is 11.6 Å². The van der Waals surface area contributed by atoms with Crippen LogP contribution in [0.15, 0.2) is 24.3 Å². The lowest BCUT2D eigenvalue weighted by atomic mass is 10.1. The number of carbonyl (C=O) groups excluding carboxylic acids is 1. The lowest BCUT2D eigenvalue weighted by Gasteiger charge is -2.09. The van der Waals surface area contributed by atoms with Crippen LogP contribution in [0.4, 0.5) is 5.69 Å². The fraction of sp³-hybridized carbons (Fsp3) is 0.500. The summed E-state index contributed by atoms with van der Waals surface area (Å²) in [5.41, 5.74) is 6.32. The van der Waals surface area contributed by atoms with Gasteiger partial charge in [-0.05, 0) is 24.5 Å². The SMILES string of the molecule is CC(C)CCNC(=O)CCOc1ccccc1N. The molecule has 0 spiro atoms. The molecule has 1 rings (SSSR count). The Balaban J connectivity index is 2.18. The number of nitrogens with two attached hydrogens (primary N) is 1. The molecule has 0 atom stereocenters. The number of rotatable bonds is 7. The quantitative estimate of drug-likeness (QED) is 0.729. The number of nitrogen functional groups attached to an aromatic ring is 1. The molecule has 1 aromatic rings. The van der Waals surface area contributed by atoms with E-state index < -0.39 is 0 Å². The summed E-state index contributed by atoms with van der Waals surface area (Å²) >= 11 is 0. The summed E-state index contributed by atoms with van der Waals surface area (Å²) in [5, 5.41) is 2.86. The molecule has 100 valence electrons. The number of anilines is 1. The third-order valence-corrected chi connectivity index (χ3v) is 2.55. The Labute approximate surface area is 109 Å². The van der Waals surface area contributed by atoms with Crippen LogP contribution in [0.2, 0.25) is 0 Å². The lowest BCUT2D eigenvalue weighted by Crippen LogP contribution is -2.26. The topological polar surface area (TPSA) is 64.3 Å². The summed E-state index contributed by atoms with van der Waals surface area (Å²) in [6.07, 6.45) is 1.35.